The molecule has 0 aliphatic rings. The summed E-state index contributed by atoms with van der Waals surface area (Å²) in [6, 6.07) is 17.8. The Labute approximate surface area is 186 Å². The predicted octanol–water partition coefficient (Wildman–Crippen LogP) is 5.40. The molecule has 3 aromatic rings. The van der Waals surface area contributed by atoms with E-state index in [1.54, 1.807) is 13.0 Å². The molecule has 0 saturated heterocycles. The summed E-state index contributed by atoms with van der Waals surface area (Å²) in [7, 11) is 0. The van der Waals surface area contributed by atoms with Crippen molar-refractivity contribution in [1.29, 1.82) is 0 Å². The number of benzene rings is 2. The molecule has 3 rings (SSSR count). The van der Waals surface area contributed by atoms with Crippen LogP contribution in [0.15, 0.2) is 77.2 Å². The van der Waals surface area contributed by atoms with Crippen molar-refractivity contribution in [1.82, 2.24) is 4.98 Å². The van der Waals surface area contributed by atoms with Crippen LogP contribution in [0.25, 0.3) is 6.08 Å². The monoisotopic (exact) mass is 434 g/mol. The number of aromatic nitrogens is 1. The van der Waals surface area contributed by atoms with Crippen LogP contribution in [0.5, 0.6) is 5.75 Å². The zero-order valence-electron chi connectivity index (χ0n) is 17.6. The highest BCUT2D eigenvalue weighted by Gasteiger charge is 2.12. The lowest BCUT2D eigenvalue weighted by molar-refractivity contribution is -0.132. The van der Waals surface area contributed by atoms with Crippen LogP contribution >= 0.6 is 11.3 Å². The van der Waals surface area contributed by atoms with Crippen LogP contribution in [-0.2, 0) is 17.8 Å². The summed E-state index contributed by atoms with van der Waals surface area (Å²) in [5, 5.41) is 11.8. The van der Waals surface area contributed by atoms with Crippen molar-refractivity contribution < 1.29 is 14.6 Å². The van der Waals surface area contributed by atoms with Crippen molar-refractivity contribution in [2.45, 2.75) is 32.9 Å². The molecular weight excluding hydrogens is 408 g/mol. The fraction of sp³-hybridized carbons (Fsp3) is 0.200. The van der Waals surface area contributed by atoms with Gasteiger partial charge in [-0.25, -0.2) is 9.78 Å². The SMILES string of the molecule is C/C(=C/C(C)=C/c1csc([C@@H](N)Cc2ccc(OCc3ccccc3)cc2)n1)C(=O)O. The Morgan fingerprint density at radius 3 is 2.52 bits per heavy atom. The highest BCUT2D eigenvalue weighted by Crippen LogP contribution is 2.23. The van der Waals surface area contributed by atoms with E-state index in [0.717, 1.165) is 33.2 Å². The minimum atomic E-state index is -0.926. The van der Waals surface area contributed by atoms with Crippen LogP contribution in [0.1, 0.15) is 41.7 Å². The third kappa shape index (κ3) is 6.91. The van der Waals surface area contributed by atoms with E-state index in [2.05, 4.69) is 4.98 Å². The second-order valence-corrected chi connectivity index (χ2v) is 8.25. The van der Waals surface area contributed by atoms with Crippen molar-refractivity contribution in [2.24, 2.45) is 5.73 Å². The molecule has 0 aliphatic heterocycles. The fourth-order valence-corrected chi connectivity index (χ4v) is 3.80. The number of hydrogen-bond acceptors (Lipinski definition) is 5. The Morgan fingerprint density at radius 2 is 1.84 bits per heavy atom. The van der Waals surface area contributed by atoms with Gasteiger partial charge in [0.25, 0.3) is 0 Å². The number of ether oxygens (including phenoxy) is 1. The highest BCUT2D eigenvalue weighted by molar-refractivity contribution is 7.09. The zero-order valence-corrected chi connectivity index (χ0v) is 18.4. The van der Waals surface area contributed by atoms with Gasteiger partial charge in [0, 0.05) is 11.0 Å². The molecule has 0 aliphatic carbocycles. The quantitative estimate of drug-likeness (QED) is 0.348. The summed E-state index contributed by atoms with van der Waals surface area (Å²) in [4.78, 5) is 15.5. The summed E-state index contributed by atoms with van der Waals surface area (Å²) in [6.45, 7) is 3.96. The molecule has 0 radical (unpaired) electrons. The van der Waals surface area contributed by atoms with Gasteiger partial charge in [-0.3, -0.25) is 0 Å². The molecule has 0 bridgehead atoms. The minimum absolute atomic E-state index is 0.208. The summed E-state index contributed by atoms with van der Waals surface area (Å²) >= 11 is 1.51. The maximum Gasteiger partial charge on any atom is 0.331 e. The Kier molecular flexibility index (Phi) is 7.76. The smallest absolute Gasteiger partial charge is 0.331 e. The van der Waals surface area contributed by atoms with Gasteiger partial charge in [-0.2, -0.15) is 0 Å². The van der Waals surface area contributed by atoms with E-state index >= 15 is 0 Å². The van der Waals surface area contributed by atoms with Crippen molar-refractivity contribution in [2.75, 3.05) is 0 Å². The summed E-state index contributed by atoms with van der Waals surface area (Å²) < 4.78 is 5.83. The number of carboxylic acids is 1. The van der Waals surface area contributed by atoms with Crippen LogP contribution in [0.3, 0.4) is 0 Å². The van der Waals surface area contributed by atoms with Gasteiger partial charge < -0.3 is 15.6 Å². The molecule has 0 amide bonds. The second-order valence-electron chi connectivity index (χ2n) is 7.36. The van der Waals surface area contributed by atoms with E-state index < -0.39 is 5.97 Å². The molecule has 1 aromatic heterocycles. The lowest BCUT2D eigenvalue weighted by atomic mass is 10.1. The van der Waals surface area contributed by atoms with Crippen molar-refractivity contribution in [3.8, 4) is 5.75 Å². The Bertz CT molecular complexity index is 1070. The van der Waals surface area contributed by atoms with E-state index in [4.69, 9.17) is 15.6 Å². The summed E-state index contributed by atoms with van der Waals surface area (Å²) in [6.07, 6.45) is 4.16. The molecule has 0 saturated carbocycles. The third-order valence-corrected chi connectivity index (χ3v) is 5.64. The number of aliphatic carboxylic acids is 1. The number of rotatable bonds is 9. The van der Waals surface area contributed by atoms with Crippen molar-refractivity contribution in [3.05, 3.63) is 99.0 Å². The van der Waals surface area contributed by atoms with Crippen LogP contribution in [0.2, 0.25) is 0 Å². The molecular formula is C25H26N2O3S. The van der Waals surface area contributed by atoms with Gasteiger partial charge in [0.2, 0.25) is 0 Å². The number of hydrogen-bond donors (Lipinski definition) is 2. The van der Waals surface area contributed by atoms with Gasteiger partial charge in [0.05, 0.1) is 11.7 Å². The third-order valence-electron chi connectivity index (χ3n) is 4.64. The summed E-state index contributed by atoms with van der Waals surface area (Å²) in [5.41, 5.74) is 10.5. The van der Waals surface area contributed by atoms with Gasteiger partial charge in [-0.05, 0) is 61.3 Å². The molecule has 2 aromatic carbocycles. The number of carboxylic acid groups (broad SMARTS) is 1. The van der Waals surface area contributed by atoms with E-state index in [1.165, 1.54) is 11.3 Å². The Hall–Kier alpha value is -3.22. The maximum atomic E-state index is 10.9. The molecule has 5 nitrogen and oxygen atoms in total. The summed E-state index contributed by atoms with van der Waals surface area (Å²) in [5.74, 6) is -0.103. The van der Waals surface area contributed by atoms with E-state index in [9.17, 15) is 4.79 Å². The first-order chi connectivity index (χ1) is 14.9. The Morgan fingerprint density at radius 1 is 1.13 bits per heavy atom. The normalized spacial score (nSPS) is 13.1. The number of carbonyl (C=O) groups is 1. The van der Waals surface area contributed by atoms with Gasteiger partial charge in [-0.15, -0.1) is 11.3 Å². The molecule has 0 spiro atoms. The number of nitrogens with two attached hydrogens (primary N) is 1. The van der Waals surface area contributed by atoms with E-state index in [0.29, 0.717) is 13.0 Å². The molecule has 0 fully saturated rings. The lowest BCUT2D eigenvalue weighted by Gasteiger charge is -2.10. The second kappa shape index (κ2) is 10.7. The largest absolute Gasteiger partial charge is 0.489 e. The average Bonchev–Trinajstić information content (AvgIpc) is 3.22. The number of thiazole rings is 1. The Balaban J connectivity index is 1.57. The fourth-order valence-electron chi connectivity index (χ4n) is 3.02. The first kappa shape index (κ1) is 22.5. The van der Waals surface area contributed by atoms with Crippen LogP contribution in [-0.4, -0.2) is 16.1 Å². The molecule has 1 atom stereocenters. The highest BCUT2D eigenvalue weighted by atomic mass is 32.1. The van der Waals surface area contributed by atoms with Crippen LogP contribution in [0.4, 0.5) is 0 Å². The van der Waals surface area contributed by atoms with Gasteiger partial charge in [0.15, 0.2) is 0 Å². The topological polar surface area (TPSA) is 85.4 Å². The van der Waals surface area contributed by atoms with Crippen molar-refractivity contribution >= 4 is 23.4 Å². The van der Waals surface area contributed by atoms with Crippen molar-refractivity contribution in [3.63, 3.8) is 0 Å². The van der Waals surface area contributed by atoms with Crippen LogP contribution < -0.4 is 10.5 Å². The van der Waals surface area contributed by atoms with Gasteiger partial charge in [-0.1, -0.05) is 42.5 Å². The number of nitrogens with zero attached hydrogens (tertiary/aromatic N) is 1. The predicted molar refractivity (Wildman–Crippen MR) is 125 cm³/mol. The molecule has 3 N–H and O–H groups in total. The molecule has 160 valence electrons. The maximum absolute atomic E-state index is 10.9. The average molecular weight is 435 g/mol. The molecule has 0 unspecified atom stereocenters. The van der Waals surface area contributed by atoms with Crippen LogP contribution in [0, 0.1) is 0 Å². The molecule has 31 heavy (non-hydrogen) atoms. The number of allylic oxidation sites excluding steroid dienone is 2. The molecule has 1 heterocycles. The minimum Gasteiger partial charge on any atom is -0.489 e. The van der Waals surface area contributed by atoms with Gasteiger partial charge in [0.1, 0.15) is 17.4 Å². The molecule has 6 heteroatoms. The van der Waals surface area contributed by atoms with E-state index in [1.807, 2.05) is 73.0 Å². The lowest BCUT2D eigenvalue weighted by Crippen LogP contribution is -2.13. The van der Waals surface area contributed by atoms with Gasteiger partial charge >= 0.3 is 5.97 Å². The standard InChI is InChI=1S/C25H26N2O3S/c1-17(12-18(2)25(28)29)13-21-16-31-24(27-21)23(26)14-19-8-10-22(11-9-19)30-15-20-6-4-3-5-7-20/h3-13,16,23H,14-15,26H2,1-2H3,(H,28,29)/b17-13+,18-12-/t23-/m0/s1. The van der Waals surface area contributed by atoms with E-state index in [-0.39, 0.29) is 11.6 Å². The first-order valence-corrected chi connectivity index (χ1v) is 10.9. The first-order valence-electron chi connectivity index (χ1n) is 9.97. The zero-order chi connectivity index (χ0) is 22.2.